The average Bonchev–Trinajstić information content (AvgIpc) is 3.35. The van der Waals surface area contributed by atoms with Gasteiger partial charge in [-0.15, -0.1) is 10.2 Å². The number of unbranched alkanes of at least 4 members (excludes halogenated alkanes) is 1. The lowest BCUT2D eigenvalue weighted by molar-refractivity contribution is -0.121. The van der Waals surface area contributed by atoms with Crippen LogP contribution in [0.1, 0.15) is 65.5 Å². The van der Waals surface area contributed by atoms with Crippen LogP contribution in [0.25, 0.3) is 5.69 Å². The summed E-state index contributed by atoms with van der Waals surface area (Å²) in [7, 11) is -1.57. The van der Waals surface area contributed by atoms with Crippen LogP contribution in [0.5, 0.6) is 5.75 Å². The Kier molecular flexibility index (Phi) is 9.74. The molecule has 1 atom stereocenters. The van der Waals surface area contributed by atoms with Gasteiger partial charge in [-0.2, -0.15) is 0 Å². The molecule has 1 aromatic heterocycles. The Morgan fingerprint density at radius 1 is 1.02 bits per heavy atom. The minimum absolute atomic E-state index is 0.160. The number of carbonyl (C=O) groups is 2. The standard InChI is InChI=1S/C31H32BClN6O5/c1-3-27(40)35-29-30-38-37-19(2)39(30)26-15-14-24(18-25(26)28(36-29)20-8-12-23(33)13-9-20)44-17-5-4-16-34-31(41)21-6-10-22(11-7-21)32(42)43/h6-15,18,29,42-43H,3-5,16-17H2,1-2H3,(H,34,41)(H,35,40)/t29-/m1/s1. The Morgan fingerprint density at radius 2 is 1.77 bits per heavy atom. The first-order valence-corrected chi connectivity index (χ1v) is 14.7. The molecule has 4 N–H and O–H groups in total. The van der Waals surface area contributed by atoms with E-state index in [4.69, 9.17) is 21.3 Å². The van der Waals surface area contributed by atoms with Crippen molar-refractivity contribution < 1.29 is 24.4 Å². The maximum atomic E-state index is 12.4. The van der Waals surface area contributed by atoms with Gasteiger partial charge in [0.2, 0.25) is 5.91 Å². The third kappa shape index (κ3) is 6.99. The van der Waals surface area contributed by atoms with Crippen molar-refractivity contribution >= 4 is 41.7 Å². The molecule has 0 unspecified atom stereocenters. The van der Waals surface area contributed by atoms with Gasteiger partial charge in [-0.1, -0.05) is 42.8 Å². The van der Waals surface area contributed by atoms with Gasteiger partial charge in [0.15, 0.2) is 12.0 Å². The number of hydrogen-bond acceptors (Lipinski definition) is 8. The van der Waals surface area contributed by atoms with E-state index in [-0.39, 0.29) is 11.8 Å². The third-order valence-corrected chi connectivity index (χ3v) is 7.40. The van der Waals surface area contributed by atoms with E-state index in [0.29, 0.717) is 71.6 Å². The molecule has 5 rings (SSSR count). The Balaban J connectivity index is 1.30. The van der Waals surface area contributed by atoms with Gasteiger partial charge >= 0.3 is 7.12 Å². The van der Waals surface area contributed by atoms with Crippen LogP contribution < -0.4 is 20.8 Å². The minimum atomic E-state index is -1.57. The number of halogens is 1. The van der Waals surface area contributed by atoms with Crippen molar-refractivity contribution in [2.24, 2.45) is 4.99 Å². The summed E-state index contributed by atoms with van der Waals surface area (Å²) in [6.45, 7) is 4.52. The lowest BCUT2D eigenvalue weighted by atomic mass is 9.80. The van der Waals surface area contributed by atoms with Crippen LogP contribution in [0.2, 0.25) is 5.02 Å². The number of nitrogens with one attached hydrogen (secondary N) is 2. The average molecular weight is 615 g/mol. The molecule has 0 saturated carbocycles. The number of rotatable bonds is 11. The van der Waals surface area contributed by atoms with Crippen molar-refractivity contribution in [3.63, 3.8) is 0 Å². The Morgan fingerprint density at radius 3 is 2.48 bits per heavy atom. The number of nitrogens with zero attached hydrogens (tertiary/aromatic N) is 4. The number of carbonyl (C=O) groups excluding carboxylic acids is 2. The molecule has 44 heavy (non-hydrogen) atoms. The molecule has 4 aromatic rings. The summed E-state index contributed by atoms with van der Waals surface area (Å²) in [4.78, 5) is 29.8. The quantitative estimate of drug-likeness (QED) is 0.150. The first-order chi connectivity index (χ1) is 21.2. The first-order valence-electron chi connectivity index (χ1n) is 14.3. The molecule has 0 spiro atoms. The van der Waals surface area contributed by atoms with E-state index < -0.39 is 13.3 Å². The third-order valence-electron chi connectivity index (χ3n) is 7.15. The lowest BCUT2D eigenvalue weighted by Gasteiger charge is -2.15. The summed E-state index contributed by atoms with van der Waals surface area (Å²) in [5, 5.41) is 33.5. The van der Waals surface area contributed by atoms with Gasteiger partial charge in [-0.05, 0) is 67.7 Å². The number of benzene rings is 3. The molecule has 0 aliphatic carbocycles. The fourth-order valence-corrected chi connectivity index (χ4v) is 4.94. The Bertz CT molecular complexity index is 1670. The zero-order valence-electron chi connectivity index (χ0n) is 24.3. The Labute approximate surface area is 260 Å². The number of aromatic nitrogens is 3. The van der Waals surface area contributed by atoms with Crippen molar-refractivity contribution in [2.45, 2.75) is 39.3 Å². The highest BCUT2D eigenvalue weighted by molar-refractivity contribution is 6.58. The van der Waals surface area contributed by atoms with E-state index in [1.807, 2.05) is 41.8 Å². The smallest absolute Gasteiger partial charge is 0.488 e. The van der Waals surface area contributed by atoms with Gasteiger partial charge in [0.05, 0.1) is 18.0 Å². The van der Waals surface area contributed by atoms with Crippen molar-refractivity contribution in [2.75, 3.05) is 13.2 Å². The van der Waals surface area contributed by atoms with Crippen LogP contribution in [0.15, 0.2) is 71.7 Å². The van der Waals surface area contributed by atoms with Gasteiger partial charge < -0.3 is 25.4 Å². The topological polar surface area (TPSA) is 151 Å². The molecular formula is C31H32BClN6O5. The summed E-state index contributed by atoms with van der Waals surface area (Å²) in [6.07, 6.45) is 0.946. The lowest BCUT2D eigenvalue weighted by Crippen LogP contribution is -2.30. The van der Waals surface area contributed by atoms with Gasteiger partial charge in [0.25, 0.3) is 5.91 Å². The van der Waals surface area contributed by atoms with Crippen LogP contribution in [0.4, 0.5) is 0 Å². The normalized spacial score (nSPS) is 13.7. The molecule has 1 aliphatic rings. The number of amides is 2. The van der Waals surface area contributed by atoms with E-state index in [2.05, 4.69) is 20.8 Å². The van der Waals surface area contributed by atoms with E-state index in [0.717, 1.165) is 16.8 Å². The maximum absolute atomic E-state index is 12.4. The number of hydrogen-bond donors (Lipinski definition) is 4. The van der Waals surface area contributed by atoms with Crippen LogP contribution in [-0.4, -0.2) is 62.6 Å². The molecule has 2 amide bonds. The minimum Gasteiger partial charge on any atom is -0.494 e. The van der Waals surface area contributed by atoms with Crippen molar-refractivity contribution in [3.8, 4) is 11.4 Å². The van der Waals surface area contributed by atoms with E-state index in [1.54, 1.807) is 31.2 Å². The molecule has 226 valence electrons. The molecule has 1 aliphatic heterocycles. The van der Waals surface area contributed by atoms with Crippen LogP contribution in [0.3, 0.4) is 0 Å². The van der Waals surface area contributed by atoms with Crippen LogP contribution in [-0.2, 0) is 4.79 Å². The molecule has 13 heteroatoms. The maximum Gasteiger partial charge on any atom is 0.488 e. The van der Waals surface area contributed by atoms with Gasteiger partial charge in [-0.3, -0.25) is 19.1 Å². The Hall–Kier alpha value is -4.52. The summed E-state index contributed by atoms with van der Waals surface area (Å²) in [6, 6.07) is 19.2. The monoisotopic (exact) mass is 614 g/mol. The molecule has 0 radical (unpaired) electrons. The highest BCUT2D eigenvalue weighted by Gasteiger charge is 2.29. The zero-order valence-corrected chi connectivity index (χ0v) is 25.1. The highest BCUT2D eigenvalue weighted by atomic mass is 35.5. The van der Waals surface area contributed by atoms with Crippen molar-refractivity contribution in [1.82, 2.24) is 25.4 Å². The second-order valence-corrected chi connectivity index (χ2v) is 10.7. The fourth-order valence-electron chi connectivity index (χ4n) is 4.82. The first kappa shape index (κ1) is 30.9. The molecule has 3 aromatic carbocycles. The second kappa shape index (κ2) is 13.9. The van der Waals surface area contributed by atoms with Crippen molar-refractivity contribution in [1.29, 1.82) is 0 Å². The number of aliphatic imine (C=N–C) groups is 1. The molecule has 11 nitrogen and oxygen atoms in total. The summed E-state index contributed by atoms with van der Waals surface area (Å²) < 4.78 is 8.00. The van der Waals surface area contributed by atoms with Crippen molar-refractivity contribution in [3.05, 3.63) is 100 Å². The number of ether oxygens (including phenoxy) is 1. The second-order valence-electron chi connectivity index (χ2n) is 10.2. The molecule has 0 bridgehead atoms. The van der Waals surface area contributed by atoms with E-state index in [9.17, 15) is 19.6 Å². The van der Waals surface area contributed by atoms with E-state index >= 15 is 0 Å². The van der Waals surface area contributed by atoms with Crippen LogP contribution >= 0.6 is 11.6 Å². The summed E-state index contributed by atoms with van der Waals surface area (Å²) in [5.41, 5.74) is 3.82. The molecule has 0 fully saturated rings. The SMILES string of the molecule is CCC(=O)N[C@@H]1N=C(c2ccc(Cl)cc2)c2cc(OCCCCNC(=O)c3ccc(B(O)O)cc3)ccc2-n2c(C)nnc21. The predicted molar refractivity (Wildman–Crippen MR) is 168 cm³/mol. The van der Waals surface area contributed by atoms with E-state index in [1.165, 1.54) is 12.1 Å². The summed E-state index contributed by atoms with van der Waals surface area (Å²) >= 11 is 6.18. The number of aryl methyl sites for hydroxylation is 1. The predicted octanol–water partition coefficient (Wildman–Crippen LogP) is 2.87. The fraction of sp³-hybridized carbons (Fsp3) is 0.258. The highest BCUT2D eigenvalue weighted by Crippen LogP contribution is 2.32. The van der Waals surface area contributed by atoms with Gasteiger partial charge in [0, 0.05) is 34.7 Å². The molecular weight excluding hydrogens is 583 g/mol. The summed E-state index contributed by atoms with van der Waals surface area (Å²) in [5.74, 6) is 1.41. The molecule has 2 heterocycles. The zero-order chi connectivity index (χ0) is 31.2. The molecule has 0 saturated heterocycles. The number of fused-ring (bicyclic) bond motifs is 3. The van der Waals surface area contributed by atoms with Gasteiger partial charge in [-0.25, -0.2) is 0 Å². The van der Waals surface area contributed by atoms with Crippen LogP contribution in [0, 0.1) is 6.92 Å². The largest absolute Gasteiger partial charge is 0.494 e. The van der Waals surface area contributed by atoms with Gasteiger partial charge in [0.1, 0.15) is 11.6 Å².